The van der Waals surface area contributed by atoms with E-state index in [9.17, 15) is 24.6 Å². The van der Waals surface area contributed by atoms with Crippen molar-refractivity contribution in [3.05, 3.63) is 78.4 Å². The molecule has 3 aromatic rings. The van der Waals surface area contributed by atoms with E-state index in [-0.39, 0.29) is 10.9 Å². The molecule has 0 unspecified atom stereocenters. The van der Waals surface area contributed by atoms with Gasteiger partial charge in [-0.1, -0.05) is 60.7 Å². The minimum atomic E-state index is -4.36. The van der Waals surface area contributed by atoms with Crippen LogP contribution in [0.2, 0.25) is 0 Å². The molecule has 0 aliphatic rings. The molecule has 0 amide bonds. The van der Waals surface area contributed by atoms with Crippen LogP contribution in [-0.4, -0.2) is 25.8 Å². The predicted octanol–water partition coefficient (Wildman–Crippen LogP) is 3.08. The number of aromatic carboxylic acids is 1. The van der Waals surface area contributed by atoms with Crippen molar-refractivity contribution in [1.82, 2.24) is 0 Å². The summed E-state index contributed by atoms with van der Waals surface area (Å²) in [7, 11) is -4.36. The second-order valence-corrected chi connectivity index (χ2v) is 7.11. The SMILES string of the molecule is O=C(O)c1ccc([P+](O)(O)O)c(-c2ccccc2)c1-c1ccccc1. The Kier molecular flexibility index (Phi) is 4.66. The molecule has 0 heterocycles. The quantitative estimate of drug-likeness (QED) is 0.539. The van der Waals surface area contributed by atoms with Crippen LogP contribution in [0.25, 0.3) is 22.3 Å². The number of carboxylic acids is 1. The summed E-state index contributed by atoms with van der Waals surface area (Å²) >= 11 is 0. The number of hydrogen-bond acceptors (Lipinski definition) is 4. The average Bonchev–Trinajstić information content (AvgIpc) is 2.61. The van der Waals surface area contributed by atoms with Crippen LogP contribution >= 0.6 is 7.94 Å². The highest BCUT2D eigenvalue weighted by atomic mass is 31.2. The summed E-state index contributed by atoms with van der Waals surface area (Å²) in [5.41, 5.74) is 1.84. The lowest BCUT2D eigenvalue weighted by atomic mass is 9.90. The van der Waals surface area contributed by atoms with E-state index in [4.69, 9.17) is 0 Å². The van der Waals surface area contributed by atoms with Crippen molar-refractivity contribution in [1.29, 1.82) is 0 Å². The van der Waals surface area contributed by atoms with Crippen LogP contribution in [0.15, 0.2) is 72.8 Å². The molecule has 4 N–H and O–H groups in total. The molecule has 0 aromatic heterocycles. The Morgan fingerprint density at radius 3 is 1.60 bits per heavy atom. The Morgan fingerprint density at radius 1 is 0.680 bits per heavy atom. The van der Waals surface area contributed by atoms with Gasteiger partial charge in [-0.3, -0.25) is 0 Å². The standard InChI is InChI=1S/C19H15O5P/c20-19(21)15-11-12-16(25(22,23)24)18(14-9-5-2-6-10-14)17(15)13-7-3-1-4-8-13/h1-12,22-24H/p+1. The smallest absolute Gasteiger partial charge is 0.441 e. The van der Waals surface area contributed by atoms with Gasteiger partial charge in [0.05, 0.1) is 5.56 Å². The second-order valence-electron chi connectivity index (χ2n) is 5.49. The molecule has 0 fully saturated rings. The maximum absolute atomic E-state index is 11.8. The monoisotopic (exact) mass is 355 g/mol. The van der Waals surface area contributed by atoms with E-state index in [2.05, 4.69) is 0 Å². The van der Waals surface area contributed by atoms with Crippen LogP contribution in [0.4, 0.5) is 0 Å². The number of hydrogen-bond donors (Lipinski definition) is 4. The van der Waals surface area contributed by atoms with Crippen molar-refractivity contribution in [2.45, 2.75) is 0 Å². The first-order chi connectivity index (χ1) is 11.9. The third-order valence-corrected chi connectivity index (χ3v) is 4.88. The number of rotatable bonds is 4. The van der Waals surface area contributed by atoms with Gasteiger partial charge in [0.2, 0.25) is 0 Å². The number of carboxylic acid groups (broad SMARTS) is 1. The summed E-state index contributed by atoms with van der Waals surface area (Å²) in [6.07, 6.45) is 0. The fourth-order valence-corrected chi connectivity index (χ4v) is 3.64. The molecule has 0 aliphatic heterocycles. The van der Waals surface area contributed by atoms with Crippen molar-refractivity contribution >= 4 is 19.2 Å². The second kappa shape index (κ2) is 6.75. The zero-order valence-corrected chi connectivity index (χ0v) is 14.0. The van der Waals surface area contributed by atoms with Crippen LogP contribution in [0.5, 0.6) is 0 Å². The van der Waals surface area contributed by atoms with Crippen LogP contribution in [-0.2, 0) is 0 Å². The lowest BCUT2D eigenvalue weighted by Crippen LogP contribution is -2.16. The first-order valence-corrected chi connectivity index (χ1v) is 9.13. The molecule has 0 atom stereocenters. The summed E-state index contributed by atoms with van der Waals surface area (Å²) in [6, 6.07) is 20.1. The first kappa shape index (κ1) is 17.3. The van der Waals surface area contributed by atoms with Crippen molar-refractivity contribution < 1.29 is 24.6 Å². The first-order valence-electron chi connectivity index (χ1n) is 7.48. The molecule has 5 nitrogen and oxygen atoms in total. The predicted molar refractivity (Wildman–Crippen MR) is 97.5 cm³/mol. The molecule has 3 aromatic carbocycles. The van der Waals surface area contributed by atoms with E-state index in [1.807, 2.05) is 0 Å². The van der Waals surface area contributed by atoms with Crippen molar-refractivity contribution in [3.8, 4) is 22.3 Å². The van der Waals surface area contributed by atoms with Gasteiger partial charge in [-0.15, -0.1) is 0 Å². The molecular weight excluding hydrogens is 339 g/mol. The summed E-state index contributed by atoms with van der Waals surface area (Å²) in [4.78, 5) is 41.5. The van der Waals surface area contributed by atoms with E-state index in [0.717, 1.165) is 0 Å². The van der Waals surface area contributed by atoms with Gasteiger partial charge in [-0.05, 0) is 23.3 Å². The van der Waals surface area contributed by atoms with Crippen molar-refractivity contribution in [2.24, 2.45) is 0 Å². The Labute approximate surface area is 145 Å². The Morgan fingerprint density at radius 2 is 1.16 bits per heavy atom. The highest BCUT2D eigenvalue weighted by Crippen LogP contribution is 2.48. The van der Waals surface area contributed by atoms with Crippen LogP contribution in [0.1, 0.15) is 10.4 Å². The Bertz CT molecular complexity index is 902. The fourth-order valence-electron chi connectivity index (χ4n) is 2.82. The van der Waals surface area contributed by atoms with Gasteiger partial charge in [0.25, 0.3) is 0 Å². The molecule has 126 valence electrons. The molecule has 0 spiro atoms. The van der Waals surface area contributed by atoms with Crippen LogP contribution < -0.4 is 5.30 Å². The minimum Gasteiger partial charge on any atom is -0.478 e. The molecular formula is C19H16O5P+. The summed E-state index contributed by atoms with van der Waals surface area (Å²) in [5.74, 6) is -1.14. The van der Waals surface area contributed by atoms with Crippen molar-refractivity contribution in [2.75, 3.05) is 0 Å². The molecule has 25 heavy (non-hydrogen) atoms. The highest BCUT2D eigenvalue weighted by molar-refractivity contribution is 7.67. The van der Waals surface area contributed by atoms with E-state index in [0.29, 0.717) is 22.3 Å². The lowest BCUT2D eigenvalue weighted by Gasteiger charge is -2.17. The minimum absolute atomic E-state index is 0.0160. The van der Waals surface area contributed by atoms with Crippen molar-refractivity contribution in [3.63, 3.8) is 0 Å². The Hall–Kier alpha value is -2.56. The van der Waals surface area contributed by atoms with E-state index >= 15 is 0 Å². The van der Waals surface area contributed by atoms with Gasteiger partial charge in [-0.2, -0.15) is 14.7 Å². The largest absolute Gasteiger partial charge is 0.478 e. The number of benzene rings is 3. The third kappa shape index (κ3) is 3.45. The third-order valence-electron chi connectivity index (χ3n) is 3.86. The van der Waals surface area contributed by atoms with E-state index in [1.165, 1.54) is 12.1 Å². The topological polar surface area (TPSA) is 98.0 Å². The average molecular weight is 355 g/mol. The maximum Gasteiger partial charge on any atom is 0.441 e. The van der Waals surface area contributed by atoms with Crippen LogP contribution in [0.3, 0.4) is 0 Å². The zero-order chi connectivity index (χ0) is 18.0. The van der Waals surface area contributed by atoms with E-state index < -0.39 is 13.9 Å². The molecule has 0 saturated heterocycles. The molecule has 0 radical (unpaired) electrons. The summed E-state index contributed by atoms with van der Waals surface area (Å²) in [6.45, 7) is 0. The Balaban J connectivity index is 2.46. The van der Waals surface area contributed by atoms with Gasteiger partial charge in [0.15, 0.2) is 5.30 Å². The van der Waals surface area contributed by atoms with Gasteiger partial charge in [0.1, 0.15) is 0 Å². The molecule has 6 heteroatoms. The van der Waals surface area contributed by atoms with Crippen LogP contribution in [0, 0.1) is 0 Å². The summed E-state index contributed by atoms with van der Waals surface area (Å²) in [5, 5.41) is 9.53. The van der Waals surface area contributed by atoms with Gasteiger partial charge < -0.3 is 5.11 Å². The molecule has 0 aliphatic carbocycles. The normalized spacial score (nSPS) is 11.3. The van der Waals surface area contributed by atoms with E-state index in [1.54, 1.807) is 60.7 Å². The maximum atomic E-state index is 11.8. The lowest BCUT2D eigenvalue weighted by molar-refractivity contribution is 0.0697. The zero-order valence-electron chi connectivity index (χ0n) is 13.1. The van der Waals surface area contributed by atoms with Gasteiger partial charge in [-0.25, -0.2) is 4.79 Å². The molecule has 3 rings (SSSR count). The van der Waals surface area contributed by atoms with Gasteiger partial charge >= 0.3 is 13.9 Å². The fraction of sp³-hybridized carbons (Fsp3) is 0. The molecule has 0 saturated carbocycles. The molecule has 0 bridgehead atoms. The highest BCUT2D eigenvalue weighted by Gasteiger charge is 2.39. The van der Waals surface area contributed by atoms with Gasteiger partial charge in [0, 0.05) is 11.1 Å². The number of carbonyl (C=O) groups is 1. The summed E-state index contributed by atoms with van der Waals surface area (Å²) < 4.78 is 0.